The average molecular weight is 424 g/mol. The first-order valence-corrected chi connectivity index (χ1v) is 11.1. The SMILES string of the molecule is Cc1cc(C(=O)NCCN(C)c2ccccc2)ccc1NS(=O)(=O)c1ccccc1. The Bertz CT molecular complexity index is 1100. The number of nitrogens with zero attached hydrogens (tertiary/aromatic N) is 1. The smallest absolute Gasteiger partial charge is 0.261 e. The largest absolute Gasteiger partial charge is 0.373 e. The van der Waals surface area contributed by atoms with Crippen LogP contribution in [0.2, 0.25) is 0 Å². The number of nitrogens with one attached hydrogen (secondary N) is 2. The standard InChI is InChI=1S/C23H25N3O3S/c1-18-17-19(23(27)24-15-16-26(2)20-9-5-3-6-10-20)13-14-22(18)25-30(28,29)21-11-7-4-8-12-21/h3-14,17,25H,15-16H2,1-2H3,(H,24,27). The number of benzene rings is 3. The van der Waals surface area contributed by atoms with Gasteiger partial charge in [0.15, 0.2) is 0 Å². The summed E-state index contributed by atoms with van der Waals surface area (Å²) in [6.07, 6.45) is 0. The van der Waals surface area contributed by atoms with Crippen LogP contribution in [0.1, 0.15) is 15.9 Å². The maximum absolute atomic E-state index is 12.5. The number of rotatable bonds is 8. The first kappa shape index (κ1) is 21.4. The lowest BCUT2D eigenvalue weighted by Gasteiger charge is -2.19. The van der Waals surface area contributed by atoms with E-state index in [9.17, 15) is 13.2 Å². The van der Waals surface area contributed by atoms with E-state index in [0.29, 0.717) is 29.9 Å². The minimum Gasteiger partial charge on any atom is -0.373 e. The van der Waals surface area contributed by atoms with Crippen LogP contribution in [0.15, 0.2) is 83.8 Å². The van der Waals surface area contributed by atoms with Crippen molar-refractivity contribution in [1.82, 2.24) is 5.32 Å². The van der Waals surface area contributed by atoms with Gasteiger partial charge in [-0.05, 0) is 55.0 Å². The first-order valence-electron chi connectivity index (χ1n) is 9.60. The van der Waals surface area contributed by atoms with E-state index in [1.165, 1.54) is 12.1 Å². The molecule has 30 heavy (non-hydrogen) atoms. The van der Waals surface area contributed by atoms with Crippen LogP contribution in [-0.4, -0.2) is 34.5 Å². The topological polar surface area (TPSA) is 78.5 Å². The van der Waals surface area contributed by atoms with E-state index in [2.05, 4.69) is 14.9 Å². The molecule has 0 atom stereocenters. The van der Waals surface area contributed by atoms with Gasteiger partial charge in [-0.3, -0.25) is 9.52 Å². The van der Waals surface area contributed by atoms with Crippen molar-refractivity contribution in [3.8, 4) is 0 Å². The monoisotopic (exact) mass is 423 g/mol. The number of carbonyl (C=O) groups is 1. The molecule has 0 aromatic heterocycles. The molecule has 0 radical (unpaired) electrons. The molecule has 3 rings (SSSR count). The van der Waals surface area contributed by atoms with Crippen molar-refractivity contribution in [2.45, 2.75) is 11.8 Å². The number of carbonyl (C=O) groups excluding carboxylic acids is 1. The molecule has 0 saturated heterocycles. The zero-order valence-electron chi connectivity index (χ0n) is 17.0. The van der Waals surface area contributed by atoms with Crippen molar-refractivity contribution >= 4 is 27.3 Å². The molecule has 7 heteroatoms. The van der Waals surface area contributed by atoms with Crippen molar-refractivity contribution in [2.24, 2.45) is 0 Å². The molecule has 0 unspecified atom stereocenters. The molecule has 0 saturated carbocycles. The minimum atomic E-state index is -3.68. The number of hydrogen-bond acceptors (Lipinski definition) is 4. The van der Waals surface area contributed by atoms with Gasteiger partial charge in [-0.15, -0.1) is 0 Å². The first-order chi connectivity index (χ1) is 14.4. The number of hydrogen-bond donors (Lipinski definition) is 2. The van der Waals surface area contributed by atoms with E-state index in [1.54, 1.807) is 43.3 Å². The van der Waals surface area contributed by atoms with E-state index >= 15 is 0 Å². The summed E-state index contributed by atoms with van der Waals surface area (Å²) in [5, 5.41) is 2.90. The molecule has 0 aliphatic rings. The van der Waals surface area contributed by atoms with Gasteiger partial charge in [0, 0.05) is 31.4 Å². The van der Waals surface area contributed by atoms with Gasteiger partial charge in [0.2, 0.25) is 0 Å². The Morgan fingerprint density at radius 2 is 1.57 bits per heavy atom. The predicted octanol–water partition coefficient (Wildman–Crippen LogP) is 3.66. The second-order valence-electron chi connectivity index (χ2n) is 6.96. The average Bonchev–Trinajstić information content (AvgIpc) is 2.76. The van der Waals surface area contributed by atoms with Gasteiger partial charge in [-0.2, -0.15) is 0 Å². The lowest BCUT2D eigenvalue weighted by molar-refractivity contribution is 0.0954. The molecular weight excluding hydrogens is 398 g/mol. The van der Waals surface area contributed by atoms with Crippen LogP contribution in [0, 0.1) is 6.92 Å². The maximum atomic E-state index is 12.5. The van der Waals surface area contributed by atoms with Crippen molar-refractivity contribution in [3.63, 3.8) is 0 Å². The van der Waals surface area contributed by atoms with Crippen molar-refractivity contribution in [3.05, 3.63) is 90.0 Å². The molecule has 1 amide bonds. The summed E-state index contributed by atoms with van der Waals surface area (Å²) in [7, 11) is -1.70. The molecule has 0 bridgehead atoms. The van der Waals surface area contributed by atoms with E-state index < -0.39 is 10.0 Å². The maximum Gasteiger partial charge on any atom is 0.261 e. The Morgan fingerprint density at radius 3 is 2.20 bits per heavy atom. The van der Waals surface area contributed by atoms with Gasteiger partial charge in [0.1, 0.15) is 0 Å². The Labute approximate surface area is 177 Å². The highest BCUT2D eigenvalue weighted by atomic mass is 32.2. The van der Waals surface area contributed by atoms with Crippen LogP contribution in [0.4, 0.5) is 11.4 Å². The predicted molar refractivity (Wildman–Crippen MR) is 120 cm³/mol. The normalized spacial score (nSPS) is 11.0. The van der Waals surface area contributed by atoms with Gasteiger partial charge in [0.05, 0.1) is 10.6 Å². The summed E-state index contributed by atoms with van der Waals surface area (Å²) in [5.74, 6) is -0.197. The van der Waals surface area contributed by atoms with Crippen LogP contribution in [0.5, 0.6) is 0 Å². The van der Waals surface area contributed by atoms with Gasteiger partial charge in [0.25, 0.3) is 15.9 Å². The van der Waals surface area contributed by atoms with Crippen LogP contribution in [0.3, 0.4) is 0 Å². The molecule has 3 aromatic carbocycles. The molecule has 0 fully saturated rings. The minimum absolute atomic E-state index is 0.189. The van der Waals surface area contributed by atoms with Crippen molar-refractivity contribution in [1.29, 1.82) is 0 Å². The second-order valence-corrected chi connectivity index (χ2v) is 8.64. The molecule has 6 nitrogen and oxygen atoms in total. The summed E-state index contributed by atoms with van der Waals surface area (Å²) < 4.78 is 27.6. The van der Waals surface area contributed by atoms with E-state index in [4.69, 9.17) is 0 Å². The molecule has 0 aliphatic carbocycles. The number of likely N-dealkylation sites (N-methyl/N-ethyl adjacent to an activating group) is 1. The molecule has 0 aliphatic heterocycles. The molecule has 0 spiro atoms. The summed E-state index contributed by atoms with van der Waals surface area (Å²) in [6.45, 7) is 2.93. The second kappa shape index (κ2) is 9.45. The van der Waals surface area contributed by atoms with Crippen LogP contribution < -0.4 is 14.9 Å². The third-order valence-corrected chi connectivity index (χ3v) is 6.10. The quantitative estimate of drug-likeness (QED) is 0.580. The summed E-state index contributed by atoms with van der Waals surface area (Å²) in [4.78, 5) is 14.7. The zero-order valence-corrected chi connectivity index (χ0v) is 17.8. The third-order valence-electron chi connectivity index (χ3n) is 4.72. The lowest BCUT2D eigenvalue weighted by Crippen LogP contribution is -2.33. The van der Waals surface area contributed by atoms with E-state index in [1.807, 2.05) is 37.4 Å². The Kier molecular flexibility index (Phi) is 6.74. The lowest BCUT2D eigenvalue weighted by atomic mass is 10.1. The summed E-state index contributed by atoms with van der Waals surface area (Å²) >= 11 is 0. The Hall–Kier alpha value is -3.32. The molecule has 156 valence electrons. The fourth-order valence-corrected chi connectivity index (χ4v) is 4.13. The molecular formula is C23H25N3O3S. The fraction of sp³-hybridized carbons (Fsp3) is 0.174. The molecule has 0 heterocycles. The highest BCUT2D eigenvalue weighted by Crippen LogP contribution is 2.21. The number of aryl methyl sites for hydroxylation is 1. The van der Waals surface area contributed by atoms with E-state index in [0.717, 1.165) is 5.69 Å². The number of amides is 1. The summed E-state index contributed by atoms with van der Waals surface area (Å²) in [5.41, 5.74) is 2.68. The van der Waals surface area contributed by atoms with Gasteiger partial charge < -0.3 is 10.2 Å². The molecule has 2 N–H and O–H groups in total. The number of para-hydroxylation sites is 1. The van der Waals surface area contributed by atoms with Crippen LogP contribution >= 0.6 is 0 Å². The highest BCUT2D eigenvalue weighted by molar-refractivity contribution is 7.92. The molecule has 3 aromatic rings. The Balaban J connectivity index is 1.60. The van der Waals surface area contributed by atoms with E-state index in [-0.39, 0.29) is 10.8 Å². The third kappa shape index (κ3) is 5.39. The van der Waals surface area contributed by atoms with Crippen molar-refractivity contribution in [2.75, 3.05) is 29.8 Å². The summed E-state index contributed by atoms with van der Waals surface area (Å²) in [6, 6.07) is 23.0. The van der Waals surface area contributed by atoms with Crippen LogP contribution in [0.25, 0.3) is 0 Å². The highest BCUT2D eigenvalue weighted by Gasteiger charge is 2.15. The number of sulfonamides is 1. The van der Waals surface area contributed by atoms with Gasteiger partial charge >= 0.3 is 0 Å². The van der Waals surface area contributed by atoms with Crippen LogP contribution in [-0.2, 0) is 10.0 Å². The van der Waals surface area contributed by atoms with Gasteiger partial charge in [-0.1, -0.05) is 36.4 Å². The fourth-order valence-electron chi connectivity index (χ4n) is 2.97. The number of anilines is 2. The zero-order chi connectivity index (χ0) is 21.6. The van der Waals surface area contributed by atoms with Crippen molar-refractivity contribution < 1.29 is 13.2 Å². The Morgan fingerprint density at radius 1 is 0.933 bits per heavy atom. The van der Waals surface area contributed by atoms with Gasteiger partial charge in [-0.25, -0.2) is 8.42 Å².